The number of carboxylic acids is 1. The van der Waals surface area contributed by atoms with Gasteiger partial charge in [-0.1, -0.05) is 17.7 Å². The molecule has 5 heteroatoms. The highest BCUT2D eigenvalue weighted by atomic mass is 35.5. The van der Waals surface area contributed by atoms with Crippen molar-refractivity contribution in [2.45, 2.75) is 25.8 Å². The summed E-state index contributed by atoms with van der Waals surface area (Å²) >= 11 is 6.17. The first-order chi connectivity index (χ1) is 9.58. The van der Waals surface area contributed by atoms with Crippen LogP contribution in [0.25, 0.3) is 10.9 Å². The molecule has 0 saturated carbocycles. The number of halogens is 1. The quantitative estimate of drug-likeness (QED) is 0.922. The van der Waals surface area contributed by atoms with Gasteiger partial charge in [-0.25, -0.2) is 9.78 Å². The van der Waals surface area contributed by atoms with Crippen LogP contribution in [0.4, 0.5) is 5.82 Å². The van der Waals surface area contributed by atoms with Gasteiger partial charge in [-0.3, -0.25) is 0 Å². The Bertz CT molecular complexity index is 687. The molecule has 1 aliphatic rings. The summed E-state index contributed by atoms with van der Waals surface area (Å²) in [6.45, 7) is 2.71. The van der Waals surface area contributed by atoms with E-state index >= 15 is 0 Å². The molecule has 3 rings (SSSR count). The minimum Gasteiger partial charge on any atom is -0.480 e. The normalized spacial score (nSPS) is 18.7. The van der Waals surface area contributed by atoms with Crippen LogP contribution in [0.1, 0.15) is 18.4 Å². The van der Waals surface area contributed by atoms with Crippen molar-refractivity contribution in [3.8, 4) is 0 Å². The van der Waals surface area contributed by atoms with Crippen molar-refractivity contribution in [3.63, 3.8) is 0 Å². The van der Waals surface area contributed by atoms with E-state index in [0.29, 0.717) is 17.3 Å². The molecule has 0 spiro atoms. The number of hydrogen-bond donors (Lipinski definition) is 1. The molecule has 0 aliphatic carbocycles. The zero-order chi connectivity index (χ0) is 14.3. The molecule has 104 valence electrons. The number of carbonyl (C=O) groups is 1. The van der Waals surface area contributed by atoms with Crippen LogP contribution in [-0.4, -0.2) is 28.6 Å². The van der Waals surface area contributed by atoms with Crippen LogP contribution in [0, 0.1) is 6.92 Å². The summed E-state index contributed by atoms with van der Waals surface area (Å²) in [5.41, 5.74) is 1.88. The van der Waals surface area contributed by atoms with E-state index in [4.69, 9.17) is 11.6 Å². The number of hydrogen-bond acceptors (Lipinski definition) is 3. The van der Waals surface area contributed by atoms with Crippen LogP contribution in [-0.2, 0) is 4.79 Å². The van der Waals surface area contributed by atoms with Crippen molar-refractivity contribution >= 4 is 34.3 Å². The summed E-state index contributed by atoms with van der Waals surface area (Å²) in [5.74, 6) is -0.0695. The van der Waals surface area contributed by atoms with E-state index in [1.54, 1.807) is 0 Å². The first kappa shape index (κ1) is 13.2. The van der Waals surface area contributed by atoms with E-state index in [1.165, 1.54) is 0 Å². The van der Waals surface area contributed by atoms with Crippen molar-refractivity contribution in [1.29, 1.82) is 0 Å². The number of aryl methyl sites for hydroxylation is 1. The second-order valence-electron chi connectivity index (χ2n) is 5.12. The van der Waals surface area contributed by atoms with Gasteiger partial charge in [0.1, 0.15) is 11.9 Å². The zero-order valence-electron chi connectivity index (χ0n) is 11.1. The second kappa shape index (κ2) is 4.94. The van der Waals surface area contributed by atoms with E-state index < -0.39 is 12.0 Å². The Morgan fingerprint density at radius 1 is 1.40 bits per heavy atom. The third-order valence-corrected chi connectivity index (χ3v) is 4.15. The minimum absolute atomic E-state index is 0.473. The van der Waals surface area contributed by atoms with Gasteiger partial charge in [0.15, 0.2) is 0 Å². The van der Waals surface area contributed by atoms with Gasteiger partial charge in [0, 0.05) is 17.0 Å². The molecule has 2 aromatic rings. The maximum absolute atomic E-state index is 11.3. The Morgan fingerprint density at radius 2 is 2.20 bits per heavy atom. The fourth-order valence-corrected chi connectivity index (χ4v) is 2.98. The van der Waals surface area contributed by atoms with E-state index in [0.717, 1.165) is 29.4 Å². The molecule has 1 atom stereocenters. The smallest absolute Gasteiger partial charge is 0.326 e. The summed E-state index contributed by atoms with van der Waals surface area (Å²) < 4.78 is 0. The summed E-state index contributed by atoms with van der Waals surface area (Å²) in [7, 11) is 0. The van der Waals surface area contributed by atoms with Gasteiger partial charge in [-0.05, 0) is 43.5 Å². The maximum atomic E-state index is 11.3. The molecule has 1 fully saturated rings. The Morgan fingerprint density at radius 3 is 2.95 bits per heavy atom. The third kappa shape index (κ3) is 2.10. The van der Waals surface area contributed by atoms with Crippen molar-refractivity contribution in [2.24, 2.45) is 0 Å². The predicted octanol–water partition coefficient (Wildman–Crippen LogP) is 3.25. The van der Waals surface area contributed by atoms with Crippen LogP contribution in [0.3, 0.4) is 0 Å². The lowest BCUT2D eigenvalue weighted by molar-refractivity contribution is -0.138. The fraction of sp³-hybridized carbons (Fsp3) is 0.333. The van der Waals surface area contributed by atoms with Gasteiger partial charge >= 0.3 is 5.97 Å². The van der Waals surface area contributed by atoms with Crippen molar-refractivity contribution in [3.05, 3.63) is 34.9 Å². The molecule has 4 nitrogen and oxygen atoms in total. The topological polar surface area (TPSA) is 53.4 Å². The first-order valence-electron chi connectivity index (χ1n) is 6.63. The Hall–Kier alpha value is -1.81. The van der Waals surface area contributed by atoms with Crippen LogP contribution in [0.15, 0.2) is 24.3 Å². The number of aromatic nitrogens is 1. The summed E-state index contributed by atoms with van der Waals surface area (Å²) in [4.78, 5) is 17.8. The highest BCUT2D eigenvalue weighted by Gasteiger charge is 2.31. The Labute approximate surface area is 122 Å². The highest BCUT2D eigenvalue weighted by Crippen LogP contribution is 2.30. The van der Waals surface area contributed by atoms with Crippen LogP contribution in [0.5, 0.6) is 0 Å². The van der Waals surface area contributed by atoms with Gasteiger partial charge in [0.25, 0.3) is 0 Å². The van der Waals surface area contributed by atoms with Gasteiger partial charge in [-0.15, -0.1) is 0 Å². The lowest BCUT2D eigenvalue weighted by Gasteiger charge is -2.23. The van der Waals surface area contributed by atoms with Gasteiger partial charge < -0.3 is 10.0 Å². The Balaban J connectivity index is 2.09. The number of benzene rings is 1. The minimum atomic E-state index is -0.785. The molecule has 1 aromatic carbocycles. The number of carboxylic acid groups (broad SMARTS) is 1. The number of nitrogens with zero attached hydrogens (tertiary/aromatic N) is 2. The summed E-state index contributed by atoms with van der Waals surface area (Å²) in [5, 5.41) is 10.8. The number of pyridine rings is 1. The van der Waals surface area contributed by atoms with E-state index in [2.05, 4.69) is 4.98 Å². The molecule has 20 heavy (non-hydrogen) atoms. The van der Waals surface area contributed by atoms with Crippen LogP contribution >= 0.6 is 11.6 Å². The number of rotatable bonds is 2. The lowest BCUT2D eigenvalue weighted by atomic mass is 10.1. The maximum Gasteiger partial charge on any atom is 0.326 e. The molecule has 1 saturated heterocycles. The summed E-state index contributed by atoms with van der Waals surface area (Å²) in [6, 6.07) is 7.09. The third-order valence-electron chi connectivity index (χ3n) is 3.82. The first-order valence-corrected chi connectivity index (χ1v) is 7.01. The molecule has 2 heterocycles. The highest BCUT2D eigenvalue weighted by molar-refractivity contribution is 6.35. The molecule has 0 amide bonds. The fourth-order valence-electron chi connectivity index (χ4n) is 2.77. The van der Waals surface area contributed by atoms with Crippen molar-refractivity contribution in [1.82, 2.24) is 4.98 Å². The van der Waals surface area contributed by atoms with Crippen LogP contribution < -0.4 is 4.90 Å². The summed E-state index contributed by atoms with van der Waals surface area (Å²) in [6.07, 6.45) is 1.55. The van der Waals surface area contributed by atoms with E-state index in [-0.39, 0.29) is 0 Å². The standard InChI is InChI=1S/C15H15ClN2O2/c1-9-4-6-11(16)10-5-7-13(17-14(9)10)18-8-2-3-12(18)15(19)20/h4-7,12H,2-3,8H2,1H3,(H,19,20)/t12-/m1/s1. The van der Waals surface area contributed by atoms with Gasteiger partial charge in [-0.2, -0.15) is 0 Å². The number of anilines is 1. The van der Waals surface area contributed by atoms with Gasteiger partial charge in [0.2, 0.25) is 0 Å². The largest absolute Gasteiger partial charge is 0.480 e. The molecule has 0 radical (unpaired) electrons. The molecule has 1 aliphatic heterocycles. The average Bonchev–Trinajstić information content (AvgIpc) is 2.92. The molecular weight excluding hydrogens is 276 g/mol. The van der Waals surface area contributed by atoms with Crippen molar-refractivity contribution < 1.29 is 9.90 Å². The van der Waals surface area contributed by atoms with Crippen molar-refractivity contribution in [2.75, 3.05) is 11.4 Å². The predicted molar refractivity (Wildman–Crippen MR) is 79.5 cm³/mol. The SMILES string of the molecule is Cc1ccc(Cl)c2ccc(N3CCC[C@@H]3C(=O)O)nc12. The molecule has 0 bridgehead atoms. The molecule has 1 N–H and O–H groups in total. The zero-order valence-corrected chi connectivity index (χ0v) is 11.9. The Kier molecular flexibility index (Phi) is 3.26. The average molecular weight is 291 g/mol. The molecule has 1 aromatic heterocycles. The van der Waals surface area contributed by atoms with E-state index in [9.17, 15) is 9.90 Å². The monoisotopic (exact) mass is 290 g/mol. The van der Waals surface area contributed by atoms with Crippen LogP contribution in [0.2, 0.25) is 5.02 Å². The molecular formula is C15H15ClN2O2. The van der Waals surface area contributed by atoms with E-state index in [1.807, 2.05) is 36.1 Å². The lowest BCUT2D eigenvalue weighted by Crippen LogP contribution is -2.36. The van der Waals surface area contributed by atoms with Gasteiger partial charge in [0.05, 0.1) is 5.52 Å². The molecule has 0 unspecified atom stereocenters. The number of aliphatic carboxylic acids is 1. The number of fused-ring (bicyclic) bond motifs is 1. The second-order valence-corrected chi connectivity index (χ2v) is 5.53.